The number of carbonyl (C=O) groups excluding carboxylic acids is 1. The van der Waals surface area contributed by atoms with Gasteiger partial charge in [-0.15, -0.1) is 0 Å². The average molecular weight is 268 g/mol. The zero-order valence-electron chi connectivity index (χ0n) is 11.8. The first-order valence-corrected chi connectivity index (χ1v) is 7.57. The predicted octanol–water partition coefficient (Wildman–Crippen LogP) is 3.28. The molecule has 0 spiro atoms. The Morgan fingerprint density at radius 3 is 2.70 bits per heavy atom. The van der Waals surface area contributed by atoms with Crippen molar-refractivity contribution in [2.45, 2.75) is 44.9 Å². The number of hydrogen-bond acceptors (Lipinski definition) is 3. The molecule has 0 aromatic carbocycles. The van der Waals surface area contributed by atoms with Crippen LogP contribution in [-0.2, 0) is 11.2 Å². The molecule has 2 heterocycles. The van der Waals surface area contributed by atoms with Crippen LogP contribution in [0.25, 0.3) is 0 Å². The van der Waals surface area contributed by atoms with Crippen LogP contribution in [-0.4, -0.2) is 23.0 Å². The van der Waals surface area contributed by atoms with Crippen molar-refractivity contribution in [3.8, 4) is 0 Å². The number of nitrogens with zero attached hydrogens (tertiary/aromatic N) is 2. The molecule has 0 unspecified atom stereocenters. The molecule has 3 heteroatoms. The Bertz CT molecular complexity index is 572. The fourth-order valence-corrected chi connectivity index (χ4v) is 3.01. The van der Waals surface area contributed by atoms with Crippen molar-refractivity contribution in [1.82, 2.24) is 4.98 Å². The number of dihydropyridines is 1. The molecule has 20 heavy (non-hydrogen) atoms. The maximum Gasteiger partial charge on any atom is 0.177 e. The number of aryl methyl sites for hydroxylation is 1. The number of hydrogen-bond donors (Lipinski definition) is 0. The van der Waals surface area contributed by atoms with Crippen LogP contribution >= 0.6 is 0 Å². The maximum absolute atomic E-state index is 11.7. The summed E-state index contributed by atoms with van der Waals surface area (Å²) >= 11 is 0. The summed E-state index contributed by atoms with van der Waals surface area (Å²) in [6.45, 7) is 0.285. The zero-order valence-corrected chi connectivity index (χ0v) is 11.8. The molecule has 0 radical (unpaired) electrons. The monoisotopic (exact) mass is 268 g/mol. The minimum absolute atomic E-state index is 0.129. The summed E-state index contributed by atoms with van der Waals surface area (Å²) in [6.07, 6.45) is 11.7. The van der Waals surface area contributed by atoms with E-state index in [1.807, 2.05) is 12.3 Å². The van der Waals surface area contributed by atoms with Crippen molar-refractivity contribution in [3.63, 3.8) is 0 Å². The first-order chi connectivity index (χ1) is 9.84. The van der Waals surface area contributed by atoms with Crippen molar-refractivity contribution in [1.29, 1.82) is 0 Å². The summed E-state index contributed by atoms with van der Waals surface area (Å²) < 4.78 is 0. The normalized spacial score (nSPS) is 20.1. The van der Waals surface area contributed by atoms with Crippen molar-refractivity contribution in [3.05, 3.63) is 41.2 Å². The van der Waals surface area contributed by atoms with E-state index < -0.39 is 0 Å². The summed E-state index contributed by atoms with van der Waals surface area (Å²) in [5.41, 5.74) is 4.38. The van der Waals surface area contributed by atoms with E-state index in [2.05, 4.69) is 16.0 Å². The lowest BCUT2D eigenvalue weighted by atomic mass is 9.93. The number of aliphatic imine (C=N–C) groups is 1. The quantitative estimate of drug-likeness (QED) is 0.724. The van der Waals surface area contributed by atoms with E-state index in [-0.39, 0.29) is 12.3 Å². The zero-order chi connectivity index (χ0) is 13.8. The van der Waals surface area contributed by atoms with E-state index in [1.54, 1.807) is 6.08 Å². The second-order valence-electron chi connectivity index (χ2n) is 5.57. The first kappa shape index (κ1) is 13.2. The minimum atomic E-state index is 0.129. The van der Waals surface area contributed by atoms with Crippen LogP contribution in [0.1, 0.15) is 49.8 Å². The van der Waals surface area contributed by atoms with Crippen LogP contribution in [0.5, 0.6) is 0 Å². The van der Waals surface area contributed by atoms with E-state index in [0.29, 0.717) is 0 Å². The number of carbonyl (C=O) groups is 1. The third kappa shape index (κ3) is 2.87. The van der Waals surface area contributed by atoms with Crippen molar-refractivity contribution in [2.24, 2.45) is 4.99 Å². The second kappa shape index (κ2) is 6.12. The molecule has 1 aromatic rings. The molecule has 1 aliphatic carbocycles. The number of ketones is 1. The summed E-state index contributed by atoms with van der Waals surface area (Å²) in [6, 6.07) is 4.07. The highest BCUT2D eigenvalue weighted by atomic mass is 16.1. The highest BCUT2D eigenvalue weighted by Gasteiger charge is 2.19. The molecular formula is C17H20N2O. The molecule has 0 saturated heterocycles. The van der Waals surface area contributed by atoms with Crippen LogP contribution in [0, 0.1) is 0 Å². The molecular weight excluding hydrogens is 248 g/mol. The summed E-state index contributed by atoms with van der Waals surface area (Å²) in [7, 11) is 0. The fourth-order valence-electron chi connectivity index (χ4n) is 3.01. The molecule has 0 saturated carbocycles. The van der Waals surface area contributed by atoms with Crippen molar-refractivity contribution in [2.75, 3.05) is 6.54 Å². The largest absolute Gasteiger partial charge is 0.293 e. The Balaban J connectivity index is 2.01. The lowest BCUT2D eigenvalue weighted by Crippen LogP contribution is -2.18. The van der Waals surface area contributed by atoms with Gasteiger partial charge in [-0.05, 0) is 49.5 Å². The third-order valence-corrected chi connectivity index (χ3v) is 4.04. The maximum atomic E-state index is 11.7. The van der Waals surface area contributed by atoms with Gasteiger partial charge in [0.25, 0.3) is 0 Å². The van der Waals surface area contributed by atoms with E-state index in [1.165, 1.54) is 25.7 Å². The van der Waals surface area contributed by atoms with Gasteiger partial charge in [0.15, 0.2) is 5.78 Å². The molecule has 1 aliphatic heterocycles. The van der Waals surface area contributed by atoms with Gasteiger partial charge < -0.3 is 0 Å². The lowest BCUT2D eigenvalue weighted by Gasteiger charge is -2.16. The summed E-state index contributed by atoms with van der Waals surface area (Å²) in [5, 5.41) is 0. The van der Waals surface area contributed by atoms with Crippen LogP contribution in [0.4, 0.5) is 0 Å². The molecule has 0 fully saturated rings. The molecule has 2 aliphatic rings. The highest BCUT2D eigenvalue weighted by Crippen LogP contribution is 2.23. The number of pyridine rings is 1. The Morgan fingerprint density at radius 2 is 1.80 bits per heavy atom. The van der Waals surface area contributed by atoms with Crippen LogP contribution < -0.4 is 0 Å². The molecule has 3 rings (SSSR count). The van der Waals surface area contributed by atoms with Crippen LogP contribution in [0.2, 0.25) is 0 Å². The summed E-state index contributed by atoms with van der Waals surface area (Å²) in [5.74, 6) is 0.129. The molecule has 0 bridgehead atoms. The minimum Gasteiger partial charge on any atom is -0.293 e. The van der Waals surface area contributed by atoms with Crippen molar-refractivity contribution >= 4 is 11.5 Å². The van der Waals surface area contributed by atoms with Gasteiger partial charge in [-0.25, -0.2) is 0 Å². The van der Waals surface area contributed by atoms with Gasteiger partial charge in [0, 0.05) is 17.5 Å². The van der Waals surface area contributed by atoms with Crippen molar-refractivity contribution < 1.29 is 4.79 Å². The molecule has 1 aromatic heterocycles. The van der Waals surface area contributed by atoms with E-state index in [9.17, 15) is 4.79 Å². The van der Waals surface area contributed by atoms with Gasteiger partial charge in [0.1, 0.15) is 6.54 Å². The molecule has 0 atom stereocenters. The number of aromatic nitrogens is 1. The average Bonchev–Trinajstić information content (AvgIpc) is 2.50. The Kier molecular flexibility index (Phi) is 4.05. The number of rotatable bonds is 0. The number of allylic oxidation sites excluding steroid dienone is 1. The summed E-state index contributed by atoms with van der Waals surface area (Å²) in [4.78, 5) is 20.7. The SMILES string of the molecule is O=C1C=C2CCCCCCCc3ncccc3C2=NC1. The van der Waals surface area contributed by atoms with E-state index in [0.717, 1.165) is 41.8 Å². The van der Waals surface area contributed by atoms with Gasteiger partial charge in [-0.2, -0.15) is 0 Å². The second-order valence-corrected chi connectivity index (χ2v) is 5.57. The first-order valence-electron chi connectivity index (χ1n) is 7.57. The molecule has 0 amide bonds. The molecule has 0 N–H and O–H groups in total. The Morgan fingerprint density at radius 1 is 1.00 bits per heavy atom. The highest BCUT2D eigenvalue weighted by molar-refractivity contribution is 6.18. The van der Waals surface area contributed by atoms with Gasteiger partial charge >= 0.3 is 0 Å². The standard InChI is InChI=1S/C17H20N2O/c20-14-11-13-7-4-2-1-3-5-9-16-15(8-6-10-18-16)17(13)19-12-14/h6,8,10-11H,1-5,7,9,12H2. The third-order valence-electron chi connectivity index (χ3n) is 4.04. The van der Waals surface area contributed by atoms with E-state index in [4.69, 9.17) is 0 Å². The lowest BCUT2D eigenvalue weighted by molar-refractivity contribution is -0.113. The van der Waals surface area contributed by atoms with Gasteiger partial charge in [0.05, 0.1) is 5.71 Å². The predicted molar refractivity (Wildman–Crippen MR) is 80.1 cm³/mol. The van der Waals surface area contributed by atoms with E-state index >= 15 is 0 Å². The topological polar surface area (TPSA) is 42.3 Å². The smallest absolute Gasteiger partial charge is 0.177 e. The molecule has 3 nitrogen and oxygen atoms in total. The molecule has 104 valence electrons. The Labute approximate surface area is 119 Å². The van der Waals surface area contributed by atoms with Gasteiger partial charge in [-0.1, -0.05) is 19.3 Å². The van der Waals surface area contributed by atoms with Gasteiger partial charge in [0.2, 0.25) is 0 Å². The number of fused-ring (bicyclic) bond motifs is 3. The van der Waals surface area contributed by atoms with Crippen LogP contribution in [0.3, 0.4) is 0 Å². The van der Waals surface area contributed by atoms with Crippen LogP contribution in [0.15, 0.2) is 35.0 Å². The van der Waals surface area contributed by atoms with Gasteiger partial charge in [-0.3, -0.25) is 14.8 Å². The fraction of sp³-hybridized carbons (Fsp3) is 0.471. The Hall–Kier alpha value is -1.77.